The van der Waals surface area contributed by atoms with Crippen LogP contribution in [-0.4, -0.2) is 46.8 Å². The summed E-state index contributed by atoms with van der Waals surface area (Å²) in [6.45, 7) is 4.22. The Bertz CT molecular complexity index is 1210. The molecule has 4 heterocycles. The summed E-state index contributed by atoms with van der Waals surface area (Å²) in [6, 6.07) is 10.7. The number of aromatic nitrogens is 6. The number of hydrogen-bond acceptors (Lipinski definition) is 6. The van der Waals surface area contributed by atoms with Crippen molar-refractivity contribution in [3.8, 4) is 11.3 Å². The first-order valence-corrected chi connectivity index (χ1v) is 10.4. The van der Waals surface area contributed by atoms with Gasteiger partial charge >= 0.3 is 0 Å². The molecule has 8 nitrogen and oxygen atoms in total. The summed E-state index contributed by atoms with van der Waals surface area (Å²) in [4.78, 5) is 20.6. The normalized spacial score (nSPS) is 21.6. The fourth-order valence-electron chi connectivity index (χ4n) is 4.63. The van der Waals surface area contributed by atoms with Crippen molar-refractivity contribution in [1.82, 2.24) is 29.1 Å². The average molecular weight is 401 g/mol. The van der Waals surface area contributed by atoms with Gasteiger partial charge in [0.05, 0.1) is 30.9 Å². The van der Waals surface area contributed by atoms with E-state index >= 15 is 0 Å². The second-order valence-corrected chi connectivity index (χ2v) is 8.23. The quantitative estimate of drug-likeness (QED) is 0.566. The summed E-state index contributed by atoms with van der Waals surface area (Å²) < 4.78 is 4.39. The molecular weight excluding hydrogens is 378 g/mol. The zero-order valence-electron chi connectivity index (χ0n) is 16.8. The van der Waals surface area contributed by atoms with Gasteiger partial charge in [-0.25, -0.2) is 19.9 Å². The van der Waals surface area contributed by atoms with Crippen molar-refractivity contribution in [2.24, 2.45) is 5.92 Å². The van der Waals surface area contributed by atoms with Crippen LogP contribution in [0.4, 0.5) is 5.82 Å². The Kier molecular flexibility index (Phi) is 3.89. The standard InChI is InChI=1S/C22H23N7O/c1-14(30)16-9-17(16)29-13-26-20-21(24-12-25-22(20)29)27-7-8-28-18(10-23-19(28)11-27)15-5-3-2-4-6-15/h2-6,10,12-14,16-17,30H,7-9,11H2,1H3/t14?,16-,17+/m0/s1. The van der Waals surface area contributed by atoms with E-state index in [4.69, 9.17) is 0 Å². The summed E-state index contributed by atoms with van der Waals surface area (Å²) in [5.74, 6) is 2.16. The highest BCUT2D eigenvalue weighted by molar-refractivity contribution is 5.83. The lowest BCUT2D eigenvalue weighted by Crippen LogP contribution is -2.34. The lowest BCUT2D eigenvalue weighted by molar-refractivity contribution is 0.165. The third kappa shape index (κ3) is 2.71. The van der Waals surface area contributed by atoms with Gasteiger partial charge < -0.3 is 19.1 Å². The van der Waals surface area contributed by atoms with Crippen LogP contribution in [0.15, 0.2) is 49.2 Å². The summed E-state index contributed by atoms with van der Waals surface area (Å²) >= 11 is 0. The summed E-state index contributed by atoms with van der Waals surface area (Å²) in [5, 5.41) is 9.89. The first-order chi connectivity index (χ1) is 14.7. The third-order valence-corrected chi connectivity index (χ3v) is 6.35. The first kappa shape index (κ1) is 17.6. The number of aliphatic hydroxyl groups is 1. The Morgan fingerprint density at radius 1 is 1.07 bits per heavy atom. The van der Waals surface area contributed by atoms with Crippen LogP contribution in [0, 0.1) is 5.92 Å². The van der Waals surface area contributed by atoms with Crippen molar-refractivity contribution in [1.29, 1.82) is 0 Å². The van der Waals surface area contributed by atoms with Gasteiger partial charge in [-0.2, -0.15) is 0 Å². The summed E-state index contributed by atoms with van der Waals surface area (Å²) in [6.07, 6.45) is 6.07. The molecule has 2 aliphatic rings. The number of anilines is 1. The molecule has 0 bridgehead atoms. The average Bonchev–Trinajstić information content (AvgIpc) is 3.28. The molecule has 1 N–H and O–H groups in total. The molecule has 0 spiro atoms. The van der Waals surface area contributed by atoms with Crippen molar-refractivity contribution < 1.29 is 5.11 Å². The van der Waals surface area contributed by atoms with Crippen LogP contribution in [0.5, 0.6) is 0 Å². The highest BCUT2D eigenvalue weighted by atomic mass is 16.3. The molecule has 8 heteroatoms. The van der Waals surface area contributed by atoms with E-state index in [9.17, 15) is 5.11 Å². The molecule has 6 rings (SSSR count). The maximum Gasteiger partial charge on any atom is 0.165 e. The second kappa shape index (κ2) is 6.63. The molecule has 1 aliphatic carbocycles. The molecule has 1 aliphatic heterocycles. The Balaban J connectivity index is 1.31. The smallest absolute Gasteiger partial charge is 0.165 e. The molecule has 0 amide bonds. The van der Waals surface area contributed by atoms with Gasteiger partial charge in [0.2, 0.25) is 0 Å². The van der Waals surface area contributed by atoms with Gasteiger partial charge in [-0.1, -0.05) is 30.3 Å². The minimum Gasteiger partial charge on any atom is -0.393 e. The van der Waals surface area contributed by atoms with Crippen molar-refractivity contribution in [2.45, 2.75) is 38.6 Å². The molecule has 30 heavy (non-hydrogen) atoms. The number of rotatable bonds is 4. The van der Waals surface area contributed by atoms with Crippen LogP contribution >= 0.6 is 0 Å². The van der Waals surface area contributed by atoms with E-state index in [0.29, 0.717) is 6.54 Å². The fraction of sp³-hybridized carbons (Fsp3) is 0.364. The molecule has 3 aromatic heterocycles. The van der Waals surface area contributed by atoms with Crippen LogP contribution in [0.3, 0.4) is 0 Å². The van der Waals surface area contributed by atoms with E-state index < -0.39 is 0 Å². The molecular formula is C22H23N7O. The van der Waals surface area contributed by atoms with E-state index in [-0.39, 0.29) is 18.1 Å². The van der Waals surface area contributed by atoms with Crippen molar-refractivity contribution in [2.75, 3.05) is 11.4 Å². The van der Waals surface area contributed by atoms with Gasteiger partial charge in [0.15, 0.2) is 17.0 Å². The first-order valence-electron chi connectivity index (χ1n) is 10.4. The van der Waals surface area contributed by atoms with Crippen molar-refractivity contribution in [3.05, 3.63) is 55.0 Å². The monoisotopic (exact) mass is 401 g/mol. The summed E-state index contributed by atoms with van der Waals surface area (Å²) in [7, 11) is 0. The van der Waals surface area contributed by atoms with Gasteiger partial charge in [-0.15, -0.1) is 0 Å². The third-order valence-electron chi connectivity index (χ3n) is 6.35. The van der Waals surface area contributed by atoms with Gasteiger partial charge in [0.25, 0.3) is 0 Å². The van der Waals surface area contributed by atoms with E-state index in [0.717, 1.165) is 48.0 Å². The largest absolute Gasteiger partial charge is 0.393 e. The number of nitrogens with zero attached hydrogens (tertiary/aromatic N) is 7. The van der Waals surface area contributed by atoms with E-state index in [1.807, 2.05) is 25.5 Å². The highest BCUT2D eigenvalue weighted by Gasteiger charge is 2.43. The maximum absolute atomic E-state index is 9.89. The van der Waals surface area contributed by atoms with Crippen molar-refractivity contribution >= 4 is 17.0 Å². The lowest BCUT2D eigenvalue weighted by Gasteiger charge is -2.29. The Hall–Kier alpha value is -3.26. The van der Waals surface area contributed by atoms with Gasteiger partial charge in [-0.05, 0) is 18.9 Å². The van der Waals surface area contributed by atoms with E-state index in [2.05, 4.69) is 58.2 Å². The maximum atomic E-state index is 9.89. The molecule has 0 saturated heterocycles. The Morgan fingerprint density at radius 3 is 2.73 bits per heavy atom. The zero-order valence-corrected chi connectivity index (χ0v) is 16.8. The second-order valence-electron chi connectivity index (χ2n) is 8.23. The van der Waals surface area contributed by atoms with Crippen LogP contribution in [0.2, 0.25) is 0 Å². The van der Waals surface area contributed by atoms with Crippen molar-refractivity contribution in [3.63, 3.8) is 0 Å². The number of fused-ring (bicyclic) bond motifs is 2. The molecule has 0 radical (unpaired) electrons. The molecule has 1 unspecified atom stereocenters. The van der Waals surface area contributed by atoms with Gasteiger partial charge in [0, 0.05) is 25.0 Å². The van der Waals surface area contributed by atoms with Crippen LogP contribution in [-0.2, 0) is 13.1 Å². The molecule has 152 valence electrons. The Morgan fingerprint density at radius 2 is 1.93 bits per heavy atom. The van der Waals surface area contributed by atoms with Crippen LogP contribution in [0.1, 0.15) is 25.2 Å². The topological polar surface area (TPSA) is 84.9 Å². The fourth-order valence-corrected chi connectivity index (χ4v) is 4.63. The number of aliphatic hydroxyl groups excluding tert-OH is 1. The van der Waals surface area contributed by atoms with Crippen LogP contribution in [0.25, 0.3) is 22.4 Å². The number of benzene rings is 1. The zero-order chi connectivity index (χ0) is 20.2. The predicted octanol–water partition coefficient (Wildman–Crippen LogP) is 2.65. The molecule has 3 atom stereocenters. The van der Waals surface area contributed by atoms with E-state index in [1.54, 1.807) is 6.33 Å². The Labute approximate surface area is 173 Å². The van der Waals surface area contributed by atoms with Gasteiger partial charge in [0.1, 0.15) is 12.2 Å². The highest BCUT2D eigenvalue weighted by Crippen LogP contribution is 2.47. The minimum absolute atomic E-state index is 0.270. The van der Waals surface area contributed by atoms with Crippen LogP contribution < -0.4 is 4.90 Å². The molecule has 4 aromatic rings. The molecule has 1 fully saturated rings. The minimum atomic E-state index is -0.312. The molecule has 1 saturated carbocycles. The predicted molar refractivity (Wildman–Crippen MR) is 113 cm³/mol. The number of hydrogen-bond donors (Lipinski definition) is 1. The van der Waals surface area contributed by atoms with Gasteiger partial charge in [-0.3, -0.25) is 0 Å². The molecule has 1 aromatic carbocycles. The lowest BCUT2D eigenvalue weighted by atomic mass is 10.1. The number of imidazole rings is 2. The summed E-state index contributed by atoms with van der Waals surface area (Å²) in [5.41, 5.74) is 3.99. The SMILES string of the molecule is CC(O)[C@@H]1C[C@H]1n1cnc2c(N3CCn4c(-c5ccccc5)cnc4C3)ncnc21. The van der Waals surface area contributed by atoms with E-state index in [1.165, 1.54) is 5.56 Å².